The molecule has 2 saturated heterocycles. The lowest BCUT2D eigenvalue weighted by molar-refractivity contribution is -0.384. The number of rotatable bonds is 15. The molecule has 0 aliphatic carbocycles. The van der Waals surface area contributed by atoms with Crippen LogP contribution in [0.1, 0.15) is 58.8 Å². The normalized spacial score (nSPS) is 25.1. The average molecular weight is 885 g/mol. The molecule has 4 aromatic rings. The Balaban J connectivity index is 1.44. The summed E-state index contributed by atoms with van der Waals surface area (Å²) >= 11 is 0. The minimum atomic E-state index is -1.78. The highest BCUT2D eigenvalue weighted by atomic mass is 16.8. The zero-order valence-corrected chi connectivity index (χ0v) is 34.8. The van der Waals surface area contributed by atoms with E-state index >= 15 is 0 Å². The highest BCUT2D eigenvalue weighted by Gasteiger charge is 2.57. The van der Waals surface area contributed by atoms with E-state index in [-0.39, 0.29) is 28.1 Å². The number of amides is 1. The topological polar surface area (TPSA) is 241 Å². The Morgan fingerprint density at radius 2 is 1.09 bits per heavy atom. The number of carbonyl (C=O) groups excluding carboxylic acids is 6. The molecule has 1 amide bonds. The summed E-state index contributed by atoms with van der Waals surface area (Å²) in [4.78, 5) is 90.1. The maximum absolute atomic E-state index is 13.9. The molecule has 0 saturated carbocycles. The second kappa shape index (κ2) is 21.2. The van der Waals surface area contributed by atoms with Gasteiger partial charge < -0.3 is 47.9 Å². The van der Waals surface area contributed by atoms with Crippen LogP contribution in [0.15, 0.2) is 115 Å². The number of benzene rings is 4. The van der Waals surface area contributed by atoms with E-state index in [0.29, 0.717) is 0 Å². The second-order valence-corrected chi connectivity index (χ2v) is 14.5. The number of esters is 5. The van der Waals surface area contributed by atoms with E-state index in [9.17, 15) is 38.9 Å². The Morgan fingerprint density at radius 3 is 1.56 bits per heavy atom. The second-order valence-electron chi connectivity index (χ2n) is 14.5. The molecule has 1 N–H and O–H groups in total. The van der Waals surface area contributed by atoms with E-state index < -0.39 is 109 Å². The zero-order chi connectivity index (χ0) is 45.9. The Bertz CT molecular complexity index is 2280. The smallest absolute Gasteiger partial charge is 0.338 e. The van der Waals surface area contributed by atoms with Crippen molar-refractivity contribution in [3.63, 3.8) is 0 Å². The van der Waals surface area contributed by atoms with Gasteiger partial charge in [0.25, 0.3) is 5.69 Å². The lowest BCUT2D eigenvalue weighted by Gasteiger charge is -2.49. The van der Waals surface area contributed by atoms with Crippen molar-refractivity contribution >= 4 is 41.4 Å². The van der Waals surface area contributed by atoms with Crippen LogP contribution in [0.5, 0.6) is 5.75 Å². The molecule has 0 radical (unpaired) electrons. The fraction of sp³-hybridized carbons (Fsp3) is 0.333. The van der Waals surface area contributed by atoms with Crippen molar-refractivity contribution in [2.45, 2.75) is 89.0 Å². The maximum atomic E-state index is 13.9. The molecule has 4 aromatic carbocycles. The molecule has 2 heterocycles. The zero-order valence-electron chi connectivity index (χ0n) is 34.8. The van der Waals surface area contributed by atoms with E-state index in [0.717, 1.165) is 13.8 Å². The van der Waals surface area contributed by atoms with Gasteiger partial charge in [-0.15, -0.1) is 0 Å². The van der Waals surface area contributed by atoms with Crippen molar-refractivity contribution in [2.24, 2.45) is 0 Å². The Kier molecular flexibility index (Phi) is 15.4. The summed E-state index contributed by atoms with van der Waals surface area (Å²) in [5.74, 6) is -4.90. The van der Waals surface area contributed by atoms with Gasteiger partial charge in [-0.25, -0.2) is 14.4 Å². The molecular formula is C45H44N2O17. The summed E-state index contributed by atoms with van der Waals surface area (Å²) in [7, 11) is 0. The number of non-ortho nitro benzene ring substituents is 1. The van der Waals surface area contributed by atoms with E-state index in [2.05, 4.69) is 5.32 Å². The van der Waals surface area contributed by atoms with Gasteiger partial charge in [0.2, 0.25) is 12.2 Å². The molecule has 19 nitrogen and oxygen atoms in total. The van der Waals surface area contributed by atoms with Gasteiger partial charge in [0.15, 0.2) is 30.7 Å². The van der Waals surface area contributed by atoms with Crippen LogP contribution in [-0.4, -0.2) is 109 Å². The highest BCUT2D eigenvalue weighted by Crippen LogP contribution is 2.36. The standard InChI is InChI=1S/C45H44N2O17/c1-25-36(61-41(51)29-14-8-5-9-15-29)39(62-42(52)30-16-10-6-11-17-30)40(63-43(53)31-18-12-7-13-19-31)45(57-25)64-37-34(24-56-27(3)49)60-44(35(46-26(2)48)38(37)58-28(4)50)59-33-22-20-32(21-23-33)47(54)55/h5-23,25,34-40,44-45H,24H2,1-4H3,(H,46,48)/t25-,34+,35+,36+,37+,38+,39+,40-,44+,45-/m0/s1. The largest absolute Gasteiger partial charge is 0.463 e. The molecule has 64 heavy (non-hydrogen) atoms. The molecule has 0 spiro atoms. The first-order valence-corrected chi connectivity index (χ1v) is 19.9. The lowest BCUT2D eigenvalue weighted by Crippen LogP contribution is -2.69. The third kappa shape index (κ3) is 11.8. The fourth-order valence-electron chi connectivity index (χ4n) is 6.96. The summed E-state index contributed by atoms with van der Waals surface area (Å²) in [5, 5.41) is 14.0. The molecule has 0 bridgehead atoms. The number of nitrogens with one attached hydrogen (secondary N) is 1. The highest BCUT2D eigenvalue weighted by molar-refractivity contribution is 5.91. The summed E-state index contributed by atoms with van der Waals surface area (Å²) in [6.45, 7) is 4.29. The van der Waals surface area contributed by atoms with Crippen LogP contribution < -0.4 is 10.1 Å². The van der Waals surface area contributed by atoms with Gasteiger partial charge in [-0.2, -0.15) is 0 Å². The van der Waals surface area contributed by atoms with Crippen LogP contribution >= 0.6 is 0 Å². The molecule has 19 heteroatoms. The number of nitrogens with zero attached hydrogens (tertiary/aromatic N) is 1. The number of ether oxygens (including phenoxy) is 9. The van der Waals surface area contributed by atoms with E-state index in [4.69, 9.17) is 42.6 Å². The van der Waals surface area contributed by atoms with Crippen molar-refractivity contribution in [2.75, 3.05) is 6.61 Å². The monoisotopic (exact) mass is 884 g/mol. The minimum Gasteiger partial charge on any atom is -0.463 e. The summed E-state index contributed by atoms with van der Waals surface area (Å²) < 4.78 is 54.6. The third-order valence-corrected chi connectivity index (χ3v) is 9.85. The van der Waals surface area contributed by atoms with Crippen LogP contribution in [0, 0.1) is 10.1 Å². The number of hydrogen-bond acceptors (Lipinski definition) is 17. The quantitative estimate of drug-likeness (QED) is 0.0748. The summed E-state index contributed by atoms with van der Waals surface area (Å²) in [6, 6.07) is 27.0. The van der Waals surface area contributed by atoms with Crippen molar-refractivity contribution in [1.29, 1.82) is 0 Å². The van der Waals surface area contributed by atoms with Gasteiger partial charge in [0, 0.05) is 32.9 Å². The lowest BCUT2D eigenvalue weighted by atomic mass is 9.94. The van der Waals surface area contributed by atoms with Gasteiger partial charge in [-0.05, 0) is 55.5 Å². The molecule has 10 atom stereocenters. The van der Waals surface area contributed by atoms with Crippen LogP contribution in [0.2, 0.25) is 0 Å². The predicted molar refractivity (Wildman–Crippen MR) is 218 cm³/mol. The van der Waals surface area contributed by atoms with Gasteiger partial charge in [-0.1, -0.05) is 54.6 Å². The number of nitro benzene ring substituents is 1. The van der Waals surface area contributed by atoms with Gasteiger partial charge in [0.1, 0.15) is 30.6 Å². The number of nitro groups is 1. The fourth-order valence-corrected chi connectivity index (χ4v) is 6.96. The maximum Gasteiger partial charge on any atom is 0.338 e. The van der Waals surface area contributed by atoms with Crippen molar-refractivity contribution in [1.82, 2.24) is 5.32 Å². The predicted octanol–water partition coefficient (Wildman–Crippen LogP) is 4.50. The Morgan fingerprint density at radius 1 is 0.594 bits per heavy atom. The Labute approximate surface area is 365 Å². The SMILES string of the molecule is CC(=O)N[C@H]1[C@H](Oc2ccc([N+](=O)[O-])cc2)O[C@H](COC(C)=O)[C@@H](O[C@@H]2O[C@@H](C)[C@@H](OC(=O)c3ccccc3)[C@@H](OC(=O)c3ccccc3)[C@@H]2OC(=O)c2ccccc2)[C@@H]1OC(C)=O. The first-order valence-electron chi connectivity index (χ1n) is 19.9. The van der Waals surface area contributed by atoms with E-state index in [1.165, 1.54) is 74.5 Å². The van der Waals surface area contributed by atoms with Crippen LogP contribution in [0.25, 0.3) is 0 Å². The summed E-state index contributed by atoms with van der Waals surface area (Å²) in [5.41, 5.74) is 0.0535. The van der Waals surface area contributed by atoms with E-state index in [1.54, 1.807) is 54.6 Å². The molecule has 6 rings (SSSR count). The minimum absolute atomic E-state index is 0.0367. The number of carbonyl (C=O) groups is 6. The van der Waals surface area contributed by atoms with Crippen molar-refractivity contribution < 1.29 is 76.3 Å². The first-order chi connectivity index (χ1) is 30.7. The van der Waals surface area contributed by atoms with Crippen LogP contribution in [0.3, 0.4) is 0 Å². The van der Waals surface area contributed by atoms with Crippen LogP contribution in [0.4, 0.5) is 5.69 Å². The van der Waals surface area contributed by atoms with E-state index in [1.807, 2.05) is 0 Å². The van der Waals surface area contributed by atoms with Crippen molar-refractivity contribution in [3.05, 3.63) is 142 Å². The van der Waals surface area contributed by atoms with Gasteiger partial charge in [0.05, 0.1) is 27.7 Å². The molecule has 336 valence electrons. The number of hydrogen-bond donors (Lipinski definition) is 1. The van der Waals surface area contributed by atoms with Gasteiger partial charge in [-0.3, -0.25) is 24.5 Å². The first kappa shape index (κ1) is 46.3. The summed E-state index contributed by atoms with van der Waals surface area (Å²) in [6.07, 6.45) is -14.0. The molecule has 2 fully saturated rings. The molecular weight excluding hydrogens is 840 g/mol. The molecule has 2 aliphatic rings. The van der Waals surface area contributed by atoms with Gasteiger partial charge >= 0.3 is 29.8 Å². The average Bonchev–Trinajstić information content (AvgIpc) is 3.27. The molecule has 2 aliphatic heterocycles. The molecule has 0 unspecified atom stereocenters. The van der Waals surface area contributed by atoms with Crippen LogP contribution in [-0.2, 0) is 52.3 Å². The Hall–Kier alpha value is -7.22. The third-order valence-electron chi connectivity index (χ3n) is 9.85. The molecule has 0 aromatic heterocycles. The van der Waals surface area contributed by atoms with Crippen molar-refractivity contribution in [3.8, 4) is 5.75 Å².